The van der Waals surface area contributed by atoms with Crippen LogP contribution in [0.3, 0.4) is 0 Å². The van der Waals surface area contributed by atoms with Crippen LogP contribution in [0, 0.1) is 0 Å². The third-order valence-electron chi connectivity index (χ3n) is 1.21. The second kappa shape index (κ2) is 5.62. The van der Waals surface area contributed by atoms with Crippen molar-refractivity contribution in [1.29, 1.82) is 0 Å². The SMILES string of the molecule is CCCOC(CC)C(N)=S. The average molecular weight is 161 g/mol. The Morgan fingerprint density at radius 1 is 1.60 bits per heavy atom. The molecule has 0 spiro atoms. The highest BCUT2D eigenvalue weighted by Crippen LogP contribution is 1.98. The fraction of sp³-hybridized carbons (Fsp3) is 0.857. The van der Waals surface area contributed by atoms with Gasteiger partial charge in [0.25, 0.3) is 0 Å². The number of rotatable bonds is 5. The zero-order chi connectivity index (χ0) is 7.98. The van der Waals surface area contributed by atoms with Gasteiger partial charge in [0.2, 0.25) is 0 Å². The molecule has 2 N–H and O–H groups in total. The van der Waals surface area contributed by atoms with Gasteiger partial charge in [-0.05, 0) is 12.8 Å². The van der Waals surface area contributed by atoms with Crippen molar-refractivity contribution in [2.24, 2.45) is 5.73 Å². The lowest BCUT2D eigenvalue weighted by atomic mass is 10.3. The molecule has 0 aromatic heterocycles. The second-order valence-electron chi connectivity index (χ2n) is 2.17. The molecule has 0 aliphatic rings. The van der Waals surface area contributed by atoms with Gasteiger partial charge in [0.15, 0.2) is 0 Å². The molecule has 2 nitrogen and oxygen atoms in total. The summed E-state index contributed by atoms with van der Waals surface area (Å²) in [5, 5.41) is 0. The summed E-state index contributed by atoms with van der Waals surface area (Å²) >= 11 is 4.78. The van der Waals surface area contributed by atoms with Gasteiger partial charge >= 0.3 is 0 Å². The zero-order valence-corrected chi connectivity index (χ0v) is 7.41. The highest BCUT2D eigenvalue weighted by Gasteiger charge is 2.07. The van der Waals surface area contributed by atoms with E-state index in [1.54, 1.807) is 0 Å². The first-order valence-corrected chi connectivity index (χ1v) is 4.04. The minimum absolute atomic E-state index is 0.0186. The molecule has 3 heteroatoms. The van der Waals surface area contributed by atoms with E-state index in [4.69, 9.17) is 22.7 Å². The maximum absolute atomic E-state index is 5.39. The topological polar surface area (TPSA) is 35.2 Å². The normalized spacial score (nSPS) is 13.0. The van der Waals surface area contributed by atoms with E-state index in [0.717, 1.165) is 19.4 Å². The van der Waals surface area contributed by atoms with Crippen LogP contribution in [-0.2, 0) is 4.74 Å². The molecule has 0 aliphatic carbocycles. The highest BCUT2D eigenvalue weighted by molar-refractivity contribution is 7.80. The first kappa shape index (κ1) is 9.85. The molecule has 60 valence electrons. The largest absolute Gasteiger partial charge is 0.391 e. The quantitative estimate of drug-likeness (QED) is 0.620. The molecular weight excluding hydrogens is 146 g/mol. The van der Waals surface area contributed by atoms with E-state index in [2.05, 4.69) is 6.92 Å². The van der Waals surface area contributed by atoms with Crippen molar-refractivity contribution >= 4 is 17.2 Å². The maximum atomic E-state index is 5.39. The molecule has 0 amide bonds. The summed E-state index contributed by atoms with van der Waals surface area (Å²) in [4.78, 5) is 0.468. The van der Waals surface area contributed by atoms with Gasteiger partial charge in [0, 0.05) is 6.61 Å². The van der Waals surface area contributed by atoms with E-state index < -0.39 is 0 Å². The number of thiocarbonyl (C=S) groups is 1. The molecule has 0 fully saturated rings. The summed E-state index contributed by atoms with van der Waals surface area (Å²) in [6.07, 6.45) is 1.86. The zero-order valence-electron chi connectivity index (χ0n) is 6.59. The predicted molar refractivity (Wildman–Crippen MR) is 47.1 cm³/mol. The van der Waals surface area contributed by atoms with Gasteiger partial charge in [-0.2, -0.15) is 0 Å². The van der Waals surface area contributed by atoms with E-state index in [-0.39, 0.29) is 6.10 Å². The molecular formula is C7H15NOS. The number of ether oxygens (including phenoxy) is 1. The first-order valence-electron chi connectivity index (χ1n) is 3.63. The van der Waals surface area contributed by atoms with Crippen molar-refractivity contribution in [3.63, 3.8) is 0 Å². The van der Waals surface area contributed by atoms with E-state index >= 15 is 0 Å². The minimum atomic E-state index is -0.0186. The van der Waals surface area contributed by atoms with E-state index in [9.17, 15) is 0 Å². The van der Waals surface area contributed by atoms with Gasteiger partial charge in [-0.1, -0.05) is 26.1 Å². The van der Waals surface area contributed by atoms with E-state index in [1.165, 1.54) is 0 Å². The molecule has 0 rings (SSSR count). The lowest BCUT2D eigenvalue weighted by Gasteiger charge is -2.12. The smallest absolute Gasteiger partial charge is 0.107 e. The van der Waals surface area contributed by atoms with Crippen molar-refractivity contribution in [3.05, 3.63) is 0 Å². The van der Waals surface area contributed by atoms with Gasteiger partial charge < -0.3 is 10.5 Å². The number of nitrogens with two attached hydrogens (primary N) is 1. The fourth-order valence-electron chi connectivity index (χ4n) is 0.661. The fourth-order valence-corrected chi connectivity index (χ4v) is 0.896. The van der Waals surface area contributed by atoms with Crippen molar-refractivity contribution < 1.29 is 4.74 Å². The molecule has 0 saturated heterocycles. The molecule has 10 heavy (non-hydrogen) atoms. The highest BCUT2D eigenvalue weighted by atomic mass is 32.1. The van der Waals surface area contributed by atoms with Gasteiger partial charge in [-0.3, -0.25) is 0 Å². The monoisotopic (exact) mass is 161 g/mol. The molecule has 0 aliphatic heterocycles. The van der Waals surface area contributed by atoms with E-state index in [0.29, 0.717) is 4.99 Å². The maximum Gasteiger partial charge on any atom is 0.107 e. The van der Waals surface area contributed by atoms with Crippen molar-refractivity contribution in [3.8, 4) is 0 Å². The third-order valence-corrected chi connectivity index (χ3v) is 1.47. The predicted octanol–water partition coefficient (Wildman–Crippen LogP) is 1.48. The van der Waals surface area contributed by atoms with Crippen LogP contribution < -0.4 is 5.73 Å². The van der Waals surface area contributed by atoms with Crippen LogP contribution >= 0.6 is 12.2 Å². The van der Waals surface area contributed by atoms with Crippen LogP contribution in [0.25, 0.3) is 0 Å². The second-order valence-corrected chi connectivity index (χ2v) is 2.64. The summed E-state index contributed by atoms with van der Waals surface area (Å²) in [6.45, 7) is 4.82. The molecule has 1 atom stereocenters. The molecule has 0 bridgehead atoms. The van der Waals surface area contributed by atoms with E-state index in [1.807, 2.05) is 6.92 Å². The Balaban J connectivity index is 3.50. The first-order chi connectivity index (χ1) is 4.72. The Hall–Kier alpha value is -0.150. The Morgan fingerprint density at radius 3 is 2.50 bits per heavy atom. The summed E-state index contributed by atoms with van der Waals surface area (Å²) < 4.78 is 5.34. The Morgan fingerprint density at radius 2 is 2.20 bits per heavy atom. The van der Waals surface area contributed by atoms with Crippen LogP contribution in [0.5, 0.6) is 0 Å². The molecule has 0 aromatic rings. The van der Waals surface area contributed by atoms with Crippen LogP contribution in [-0.4, -0.2) is 17.7 Å². The average Bonchev–Trinajstić information content (AvgIpc) is 1.89. The van der Waals surface area contributed by atoms with Crippen LogP contribution in [0.1, 0.15) is 26.7 Å². The molecule has 0 aromatic carbocycles. The standard InChI is InChI=1S/C7H15NOS/c1-3-5-9-6(4-2)7(8)10/h6H,3-5H2,1-2H3,(H2,8,10). The lowest BCUT2D eigenvalue weighted by molar-refractivity contribution is 0.0967. The van der Waals surface area contributed by atoms with Crippen LogP contribution in [0.4, 0.5) is 0 Å². The molecule has 0 radical (unpaired) electrons. The number of hydrogen-bond acceptors (Lipinski definition) is 2. The van der Waals surface area contributed by atoms with Crippen molar-refractivity contribution in [2.45, 2.75) is 32.8 Å². The summed E-state index contributed by atoms with van der Waals surface area (Å²) in [7, 11) is 0. The molecule has 0 heterocycles. The molecule has 0 saturated carbocycles. The molecule has 1 unspecified atom stereocenters. The van der Waals surface area contributed by atoms with Crippen LogP contribution in [0.15, 0.2) is 0 Å². The Bertz CT molecular complexity index is 106. The minimum Gasteiger partial charge on any atom is -0.391 e. The van der Waals surface area contributed by atoms with Crippen molar-refractivity contribution in [2.75, 3.05) is 6.61 Å². The summed E-state index contributed by atoms with van der Waals surface area (Å²) in [5.41, 5.74) is 5.39. The summed E-state index contributed by atoms with van der Waals surface area (Å²) in [6, 6.07) is 0. The Labute approximate surface area is 67.7 Å². The van der Waals surface area contributed by atoms with Crippen LogP contribution in [0.2, 0.25) is 0 Å². The van der Waals surface area contributed by atoms with Gasteiger partial charge in [0.1, 0.15) is 11.1 Å². The lowest BCUT2D eigenvalue weighted by Crippen LogP contribution is -2.28. The van der Waals surface area contributed by atoms with Gasteiger partial charge in [-0.15, -0.1) is 0 Å². The van der Waals surface area contributed by atoms with Crippen molar-refractivity contribution in [1.82, 2.24) is 0 Å². The van der Waals surface area contributed by atoms with Gasteiger partial charge in [0.05, 0.1) is 0 Å². The van der Waals surface area contributed by atoms with Gasteiger partial charge in [-0.25, -0.2) is 0 Å². The number of hydrogen-bond donors (Lipinski definition) is 1. The summed E-state index contributed by atoms with van der Waals surface area (Å²) in [5.74, 6) is 0. The third kappa shape index (κ3) is 3.80. The Kier molecular flexibility index (Phi) is 5.54.